The Bertz CT molecular complexity index is 954. The van der Waals surface area contributed by atoms with Crippen LogP contribution in [0.5, 0.6) is 0 Å². The lowest BCUT2D eigenvalue weighted by molar-refractivity contribution is -0.124. The molecular formula is C26H33N3O2S. The number of nitrogens with one attached hydrogen (secondary N) is 1. The molecule has 6 heteroatoms. The summed E-state index contributed by atoms with van der Waals surface area (Å²) in [5.41, 5.74) is 1.57. The molecule has 2 amide bonds. The lowest BCUT2D eigenvalue weighted by Crippen LogP contribution is -2.51. The zero-order valence-electron chi connectivity index (χ0n) is 18.8. The number of hydrogen-bond acceptors (Lipinski definition) is 4. The zero-order valence-corrected chi connectivity index (χ0v) is 19.7. The second-order valence-corrected chi connectivity index (χ2v) is 10.3. The van der Waals surface area contributed by atoms with Crippen molar-refractivity contribution in [1.29, 1.82) is 0 Å². The van der Waals surface area contributed by atoms with Gasteiger partial charge in [-0.05, 0) is 61.8 Å². The van der Waals surface area contributed by atoms with Gasteiger partial charge in [-0.1, -0.05) is 44.0 Å². The fourth-order valence-electron chi connectivity index (χ4n) is 6.05. The topological polar surface area (TPSA) is 52.7 Å². The first kappa shape index (κ1) is 21.7. The number of benzene rings is 1. The molecule has 3 atom stereocenters. The fraction of sp³-hybridized carbons (Fsp3) is 0.538. The maximum absolute atomic E-state index is 13.8. The van der Waals surface area contributed by atoms with Gasteiger partial charge in [0, 0.05) is 29.1 Å². The molecule has 3 heterocycles. The van der Waals surface area contributed by atoms with Crippen LogP contribution >= 0.6 is 11.3 Å². The van der Waals surface area contributed by atoms with Crippen LogP contribution < -0.4 is 5.32 Å². The molecule has 3 aliphatic rings. The van der Waals surface area contributed by atoms with Crippen molar-refractivity contribution in [2.75, 3.05) is 19.6 Å². The largest absolute Gasteiger partial charge is 0.354 e. The van der Waals surface area contributed by atoms with Gasteiger partial charge in [-0.2, -0.15) is 0 Å². The average Bonchev–Trinajstić information content (AvgIpc) is 3.60. The molecule has 0 spiro atoms. The molecular weight excluding hydrogens is 418 g/mol. The van der Waals surface area contributed by atoms with E-state index in [4.69, 9.17) is 0 Å². The van der Waals surface area contributed by atoms with Gasteiger partial charge in [-0.3, -0.25) is 14.5 Å². The third-order valence-electron chi connectivity index (χ3n) is 7.63. The Labute approximate surface area is 194 Å². The zero-order chi connectivity index (χ0) is 22.1. The molecule has 2 aliphatic heterocycles. The lowest BCUT2D eigenvalue weighted by Gasteiger charge is -2.44. The van der Waals surface area contributed by atoms with Crippen molar-refractivity contribution in [3.8, 4) is 0 Å². The maximum Gasteiger partial charge on any atom is 0.254 e. The van der Waals surface area contributed by atoms with E-state index in [1.807, 2.05) is 30.3 Å². The highest BCUT2D eigenvalue weighted by Gasteiger charge is 2.47. The summed E-state index contributed by atoms with van der Waals surface area (Å²) in [4.78, 5) is 33.2. The molecule has 1 aromatic heterocycles. The van der Waals surface area contributed by atoms with Crippen molar-refractivity contribution < 1.29 is 9.59 Å². The molecule has 1 saturated carbocycles. The quantitative estimate of drug-likeness (QED) is 0.700. The van der Waals surface area contributed by atoms with Crippen LogP contribution in [0.2, 0.25) is 0 Å². The first-order chi connectivity index (χ1) is 15.7. The number of nitrogens with zero attached hydrogens (tertiary/aromatic N) is 2. The normalized spacial score (nSPS) is 26.5. The van der Waals surface area contributed by atoms with Crippen LogP contribution in [-0.2, 0) is 4.79 Å². The molecule has 32 heavy (non-hydrogen) atoms. The van der Waals surface area contributed by atoms with Gasteiger partial charge < -0.3 is 10.2 Å². The summed E-state index contributed by atoms with van der Waals surface area (Å²) in [5.74, 6) is -0.239. The molecule has 1 N–H and O–H groups in total. The number of likely N-dealkylation sites (N-methyl/N-ethyl adjacent to an activating group) is 1. The van der Waals surface area contributed by atoms with E-state index < -0.39 is 0 Å². The number of hydrogen-bond donors (Lipinski definition) is 1. The molecule has 5 rings (SSSR count). The summed E-state index contributed by atoms with van der Waals surface area (Å²) in [6.45, 7) is 5.01. The summed E-state index contributed by atoms with van der Waals surface area (Å²) in [6.07, 6.45) is 6.69. The minimum Gasteiger partial charge on any atom is -0.354 e. The number of carbonyl (C=O) groups is 2. The molecule has 2 aromatic rings. The predicted molar refractivity (Wildman–Crippen MR) is 128 cm³/mol. The van der Waals surface area contributed by atoms with Gasteiger partial charge in [0.1, 0.15) is 0 Å². The predicted octanol–water partition coefficient (Wildman–Crippen LogP) is 4.57. The third kappa shape index (κ3) is 3.88. The highest BCUT2D eigenvalue weighted by molar-refractivity contribution is 7.10. The number of thiophene rings is 1. The third-order valence-corrected chi connectivity index (χ3v) is 8.57. The first-order valence-electron chi connectivity index (χ1n) is 12.2. The number of amides is 2. The fourth-order valence-corrected chi connectivity index (χ4v) is 6.91. The number of likely N-dealkylation sites (tertiary alicyclic amines) is 1. The summed E-state index contributed by atoms with van der Waals surface area (Å²) in [6, 6.07) is 12.3. The van der Waals surface area contributed by atoms with Crippen LogP contribution in [0.4, 0.5) is 0 Å². The molecule has 1 aromatic carbocycles. The van der Waals surface area contributed by atoms with Gasteiger partial charge in [0.25, 0.3) is 5.91 Å². The monoisotopic (exact) mass is 451 g/mol. The average molecular weight is 452 g/mol. The van der Waals surface area contributed by atoms with Crippen molar-refractivity contribution in [1.82, 2.24) is 15.1 Å². The van der Waals surface area contributed by atoms with Gasteiger partial charge in [0.15, 0.2) is 0 Å². The second kappa shape index (κ2) is 9.36. The van der Waals surface area contributed by atoms with Crippen LogP contribution in [-0.4, -0.2) is 53.3 Å². The van der Waals surface area contributed by atoms with Crippen LogP contribution in [0.3, 0.4) is 0 Å². The highest BCUT2D eigenvalue weighted by Crippen LogP contribution is 2.47. The van der Waals surface area contributed by atoms with E-state index in [1.165, 1.54) is 6.42 Å². The number of rotatable bonds is 6. The van der Waals surface area contributed by atoms with Crippen LogP contribution in [0, 0.1) is 0 Å². The summed E-state index contributed by atoms with van der Waals surface area (Å²) >= 11 is 1.66. The van der Waals surface area contributed by atoms with Crippen molar-refractivity contribution in [2.24, 2.45) is 0 Å². The van der Waals surface area contributed by atoms with Crippen LogP contribution in [0.25, 0.3) is 0 Å². The van der Waals surface area contributed by atoms with Crippen LogP contribution in [0.1, 0.15) is 78.2 Å². The van der Waals surface area contributed by atoms with E-state index in [2.05, 4.69) is 33.5 Å². The number of carbonyl (C=O) groups excluding carboxylic acids is 2. The van der Waals surface area contributed by atoms with E-state index in [0.29, 0.717) is 18.2 Å². The van der Waals surface area contributed by atoms with Crippen molar-refractivity contribution >= 4 is 23.2 Å². The van der Waals surface area contributed by atoms with Gasteiger partial charge in [0.05, 0.1) is 12.0 Å². The Balaban J connectivity index is 1.50. The van der Waals surface area contributed by atoms with Crippen LogP contribution in [0.15, 0.2) is 41.8 Å². The van der Waals surface area contributed by atoms with Gasteiger partial charge in [-0.15, -0.1) is 11.3 Å². The Morgan fingerprint density at radius 2 is 1.91 bits per heavy atom. The molecule has 1 aliphatic carbocycles. The van der Waals surface area contributed by atoms with E-state index in [-0.39, 0.29) is 29.8 Å². The summed E-state index contributed by atoms with van der Waals surface area (Å²) in [7, 11) is 0. The molecule has 0 radical (unpaired) electrons. The SMILES string of the molecule is CCN1CCC[C@@H]1CNC(=O)[C@@H]1c2ccccc2C(=O)N(C2CCCC2)[C@H]1c1cccs1. The maximum atomic E-state index is 13.8. The van der Waals surface area contributed by atoms with Crippen molar-refractivity contribution in [3.63, 3.8) is 0 Å². The highest BCUT2D eigenvalue weighted by atomic mass is 32.1. The smallest absolute Gasteiger partial charge is 0.254 e. The van der Waals surface area contributed by atoms with E-state index >= 15 is 0 Å². The van der Waals surface area contributed by atoms with Crippen molar-refractivity contribution in [2.45, 2.75) is 69.5 Å². The van der Waals surface area contributed by atoms with Crippen molar-refractivity contribution in [3.05, 3.63) is 57.8 Å². The van der Waals surface area contributed by atoms with E-state index in [9.17, 15) is 9.59 Å². The lowest BCUT2D eigenvalue weighted by atomic mass is 9.80. The second-order valence-electron chi connectivity index (χ2n) is 9.35. The number of fused-ring (bicyclic) bond motifs is 1. The minimum atomic E-state index is -0.375. The van der Waals surface area contributed by atoms with Gasteiger partial charge in [0.2, 0.25) is 5.91 Å². The van der Waals surface area contributed by atoms with E-state index in [1.54, 1.807) is 11.3 Å². The molecule has 1 saturated heterocycles. The summed E-state index contributed by atoms with van der Waals surface area (Å²) < 4.78 is 0. The molecule has 0 unspecified atom stereocenters. The standard InChI is InChI=1S/C26H33N3O2S/c1-2-28-15-7-11-19(28)17-27-25(30)23-20-12-5-6-13-21(20)26(31)29(18-9-3-4-10-18)24(23)22-14-8-16-32-22/h5-6,8,12-14,16,18-19,23-24H,2-4,7,9-11,15,17H2,1H3,(H,27,30)/t19-,23-,24+/m1/s1. The van der Waals surface area contributed by atoms with Gasteiger partial charge >= 0.3 is 0 Å². The Hall–Kier alpha value is -2.18. The first-order valence-corrected chi connectivity index (χ1v) is 13.0. The Morgan fingerprint density at radius 1 is 1.09 bits per heavy atom. The van der Waals surface area contributed by atoms with E-state index in [0.717, 1.165) is 55.6 Å². The molecule has 5 nitrogen and oxygen atoms in total. The molecule has 0 bridgehead atoms. The molecule has 2 fully saturated rings. The molecule has 170 valence electrons. The minimum absolute atomic E-state index is 0.0503. The Kier molecular flexibility index (Phi) is 6.33. The summed E-state index contributed by atoms with van der Waals surface area (Å²) in [5, 5.41) is 5.36. The Morgan fingerprint density at radius 3 is 2.66 bits per heavy atom. The van der Waals surface area contributed by atoms with Gasteiger partial charge in [-0.25, -0.2) is 0 Å².